The molecule has 0 aromatic carbocycles. The van der Waals surface area contributed by atoms with Gasteiger partial charge in [0.2, 0.25) is 0 Å². The lowest BCUT2D eigenvalue weighted by Crippen LogP contribution is -2.39. The summed E-state index contributed by atoms with van der Waals surface area (Å²) in [6, 6.07) is -0.937. The Kier molecular flexibility index (Phi) is 5.77. The molecule has 2 aliphatic rings. The Hall–Kier alpha value is -0.490. The molecule has 2 saturated heterocycles. The fraction of sp³-hybridized carbons (Fsp3) is 0.857. The second-order valence-electron chi connectivity index (χ2n) is 5.87. The Morgan fingerprint density at radius 1 is 1.29 bits per heavy atom. The Balaban J connectivity index is 1.81. The van der Waals surface area contributed by atoms with Gasteiger partial charge >= 0.3 is 0 Å². The summed E-state index contributed by atoms with van der Waals surface area (Å²) in [5, 5.41) is 10.2. The smallest absolute Gasteiger partial charge is 0.119 e. The normalized spacial score (nSPS) is 43.1. The molecule has 4 radical (unpaired) electrons. The van der Waals surface area contributed by atoms with Crippen LogP contribution in [0.4, 0.5) is 0 Å². The van der Waals surface area contributed by atoms with Crippen LogP contribution in [0.15, 0.2) is 12.3 Å². The first-order chi connectivity index (χ1) is 9.88. The molecule has 7 heteroatoms. The van der Waals surface area contributed by atoms with Crippen molar-refractivity contribution in [3.8, 4) is 0 Å². The van der Waals surface area contributed by atoms with Gasteiger partial charge < -0.3 is 24.1 Å². The number of ether oxygens (including phenoxy) is 4. The summed E-state index contributed by atoms with van der Waals surface area (Å²) in [6.45, 7) is 7.96. The van der Waals surface area contributed by atoms with Gasteiger partial charge in [-0.15, -0.1) is 0 Å². The summed E-state index contributed by atoms with van der Waals surface area (Å²) in [5.74, 6) is 0.879. The second-order valence-corrected chi connectivity index (χ2v) is 5.87. The van der Waals surface area contributed by atoms with E-state index in [-0.39, 0.29) is 18.7 Å². The average molecular weight is 292 g/mol. The molecule has 0 spiro atoms. The van der Waals surface area contributed by atoms with E-state index in [0.717, 1.165) is 6.42 Å². The third kappa shape index (κ3) is 4.25. The van der Waals surface area contributed by atoms with Crippen molar-refractivity contribution in [1.29, 1.82) is 0 Å². The molecule has 0 saturated carbocycles. The van der Waals surface area contributed by atoms with E-state index in [0.29, 0.717) is 18.3 Å². The summed E-state index contributed by atoms with van der Waals surface area (Å²) >= 11 is 0. The van der Waals surface area contributed by atoms with Crippen LogP contribution in [0.25, 0.3) is 0 Å². The van der Waals surface area contributed by atoms with Crippen LogP contribution in [0.5, 0.6) is 0 Å². The number of allylic oxidation sites excluding steroid dienone is 1. The minimum atomic E-state index is -0.843. The summed E-state index contributed by atoms with van der Waals surface area (Å²) in [6.07, 6.45) is -1.24. The van der Waals surface area contributed by atoms with Crippen molar-refractivity contribution in [3.05, 3.63) is 12.3 Å². The zero-order valence-corrected chi connectivity index (χ0v) is 12.6. The Morgan fingerprint density at radius 2 is 2.00 bits per heavy atom. The first-order valence-electron chi connectivity index (χ1n) is 7.28. The van der Waals surface area contributed by atoms with Crippen molar-refractivity contribution in [3.63, 3.8) is 0 Å². The first kappa shape index (κ1) is 16.9. The van der Waals surface area contributed by atoms with E-state index >= 15 is 0 Å². The molecular formula is C14H22B2O5. The van der Waals surface area contributed by atoms with Crippen LogP contribution >= 0.6 is 0 Å². The Labute approximate surface area is 128 Å². The van der Waals surface area contributed by atoms with Gasteiger partial charge in [0.05, 0.1) is 18.5 Å². The van der Waals surface area contributed by atoms with Gasteiger partial charge in [-0.05, 0) is 19.3 Å². The van der Waals surface area contributed by atoms with Gasteiger partial charge in [0.15, 0.2) is 0 Å². The highest BCUT2D eigenvalue weighted by molar-refractivity contribution is 6.11. The zero-order valence-electron chi connectivity index (χ0n) is 12.6. The standard InChI is InChI=1S/C14H22B2O5/c1-7(2)18-6-10-12(17)13(14(16)21-10)19-5-9-8(3)4-11(15)20-9/h8-14,17H,1,4-6H2,2-3H3. The van der Waals surface area contributed by atoms with Crippen molar-refractivity contribution in [1.82, 2.24) is 0 Å². The minimum Gasteiger partial charge on any atom is -0.496 e. The van der Waals surface area contributed by atoms with Crippen molar-refractivity contribution in [2.45, 2.75) is 56.7 Å². The van der Waals surface area contributed by atoms with Crippen molar-refractivity contribution in [2.24, 2.45) is 5.92 Å². The maximum Gasteiger partial charge on any atom is 0.119 e. The maximum absolute atomic E-state index is 10.2. The molecule has 21 heavy (non-hydrogen) atoms. The average Bonchev–Trinajstić information content (AvgIpc) is 2.85. The molecule has 2 heterocycles. The largest absolute Gasteiger partial charge is 0.496 e. The fourth-order valence-electron chi connectivity index (χ4n) is 2.66. The molecular weight excluding hydrogens is 270 g/mol. The number of hydrogen-bond donors (Lipinski definition) is 1. The van der Waals surface area contributed by atoms with E-state index < -0.39 is 24.3 Å². The molecule has 0 aromatic rings. The molecule has 7 unspecified atom stereocenters. The summed E-state index contributed by atoms with van der Waals surface area (Å²) in [4.78, 5) is 0. The van der Waals surface area contributed by atoms with Gasteiger partial charge in [-0.25, -0.2) is 0 Å². The molecule has 2 aliphatic heterocycles. The summed E-state index contributed by atoms with van der Waals surface area (Å²) in [5.41, 5.74) is 0. The van der Waals surface area contributed by atoms with Gasteiger partial charge in [0.25, 0.3) is 0 Å². The highest BCUT2D eigenvalue weighted by atomic mass is 16.6. The monoisotopic (exact) mass is 292 g/mol. The minimum absolute atomic E-state index is 0.0786. The van der Waals surface area contributed by atoms with Gasteiger partial charge in [-0.2, -0.15) is 0 Å². The SMILES string of the molecule is [B]C1CC(C)C(COC2C([B])OC(COC(=C)C)C2O)O1. The van der Waals surface area contributed by atoms with Gasteiger partial charge in [0, 0.05) is 12.0 Å². The van der Waals surface area contributed by atoms with Crippen LogP contribution < -0.4 is 0 Å². The van der Waals surface area contributed by atoms with Crippen LogP contribution in [-0.4, -0.2) is 70.4 Å². The van der Waals surface area contributed by atoms with E-state index in [9.17, 15) is 5.11 Å². The molecule has 7 atom stereocenters. The van der Waals surface area contributed by atoms with Gasteiger partial charge in [-0.3, -0.25) is 0 Å². The zero-order chi connectivity index (χ0) is 15.6. The quantitative estimate of drug-likeness (QED) is 0.555. The van der Waals surface area contributed by atoms with Crippen molar-refractivity contribution < 1.29 is 24.1 Å². The topological polar surface area (TPSA) is 57.2 Å². The van der Waals surface area contributed by atoms with E-state index in [4.69, 9.17) is 34.6 Å². The van der Waals surface area contributed by atoms with Crippen LogP contribution in [0, 0.1) is 5.92 Å². The molecule has 0 bridgehead atoms. The maximum atomic E-state index is 10.2. The van der Waals surface area contributed by atoms with Gasteiger partial charge in [0.1, 0.15) is 40.6 Å². The van der Waals surface area contributed by atoms with Gasteiger partial charge in [-0.1, -0.05) is 13.5 Å². The highest BCUT2D eigenvalue weighted by Gasteiger charge is 2.43. The first-order valence-corrected chi connectivity index (χ1v) is 7.28. The lowest BCUT2D eigenvalue weighted by Gasteiger charge is -2.23. The van der Waals surface area contributed by atoms with Crippen LogP contribution in [0.2, 0.25) is 0 Å². The predicted molar refractivity (Wildman–Crippen MR) is 79.1 cm³/mol. The third-order valence-electron chi connectivity index (χ3n) is 3.91. The van der Waals surface area contributed by atoms with Crippen molar-refractivity contribution in [2.75, 3.05) is 13.2 Å². The fourth-order valence-corrected chi connectivity index (χ4v) is 2.66. The Morgan fingerprint density at radius 3 is 2.57 bits per heavy atom. The highest BCUT2D eigenvalue weighted by Crippen LogP contribution is 2.27. The molecule has 5 nitrogen and oxygen atoms in total. The number of rotatable bonds is 6. The Bertz CT molecular complexity index is 367. The van der Waals surface area contributed by atoms with Crippen LogP contribution in [-0.2, 0) is 18.9 Å². The van der Waals surface area contributed by atoms with E-state index in [2.05, 4.69) is 13.5 Å². The molecule has 1 N–H and O–H groups in total. The number of aliphatic hydroxyl groups is 1. The summed E-state index contributed by atoms with van der Waals surface area (Å²) < 4.78 is 22.0. The predicted octanol–water partition coefficient (Wildman–Crippen LogP) is 0.0957. The summed E-state index contributed by atoms with van der Waals surface area (Å²) in [7, 11) is 11.6. The second kappa shape index (κ2) is 7.18. The van der Waals surface area contributed by atoms with E-state index in [1.54, 1.807) is 6.92 Å². The molecule has 2 rings (SSSR count). The lowest BCUT2D eigenvalue weighted by molar-refractivity contribution is -0.0712. The lowest BCUT2D eigenvalue weighted by atomic mass is 9.91. The molecule has 0 aliphatic carbocycles. The molecule has 114 valence electrons. The molecule has 0 amide bonds. The number of hydrogen-bond acceptors (Lipinski definition) is 5. The van der Waals surface area contributed by atoms with E-state index in [1.165, 1.54) is 0 Å². The molecule has 0 aromatic heterocycles. The van der Waals surface area contributed by atoms with Crippen LogP contribution in [0.1, 0.15) is 20.3 Å². The van der Waals surface area contributed by atoms with Crippen molar-refractivity contribution >= 4 is 15.7 Å². The third-order valence-corrected chi connectivity index (χ3v) is 3.91. The molecule has 2 fully saturated rings. The van der Waals surface area contributed by atoms with E-state index in [1.807, 2.05) is 0 Å². The van der Waals surface area contributed by atoms with Crippen LogP contribution in [0.3, 0.4) is 0 Å². The number of aliphatic hydroxyl groups excluding tert-OH is 1.